The van der Waals surface area contributed by atoms with E-state index in [2.05, 4.69) is 34.1 Å². The number of aromatic nitrogens is 3. The number of rotatable bonds is 6. The van der Waals surface area contributed by atoms with Crippen molar-refractivity contribution in [3.8, 4) is 10.6 Å². The van der Waals surface area contributed by atoms with Crippen LogP contribution in [0.2, 0.25) is 0 Å². The number of carbonyl (C=O) groups excluding carboxylic acids is 1. The summed E-state index contributed by atoms with van der Waals surface area (Å²) in [4.78, 5) is 25.3. The van der Waals surface area contributed by atoms with Crippen molar-refractivity contribution in [3.05, 3.63) is 71.5 Å². The quantitative estimate of drug-likeness (QED) is 0.499. The summed E-state index contributed by atoms with van der Waals surface area (Å²) >= 11 is 1.56. The zero-order valence-corrected chi connectivity index (χ0v) is 16.7. The number of amides is 1. The lowest BCUT2D eigenvalue weighted by Crippen LogP contribution is -2.33. The molecule has 2 N–H and O–H groups in total. The third-order valence-corrected chi connectivity index (χ3v) is 5.54. The Morgan fingerprint density at radius 1 is 1.07 bits per heavy atom. The minimum atomic E-state index is -0.174. The van der Waals surface area contributed by atoms with Gasteiger partial charge >= 0.3 is 0 Å². The molecule has 1 amide bonds. The highest BCUT2D eigenvalue weighted by Gasteiger charge is 2.22. The van der Waals surface area contributed by atoms with Crippen LogP contribution in [0.3, 0.4) is 0 Å². The topological polar surface area (TPSA) is 70.7 Å². The van der Waals surface area contributed by atoms with Gasteiger partial charge in [0.05, 0.1) is 29.2 Å². The Labute approximate surface area is 167 Å². The van der Waals surface area contributed by atoms with E-state index in [-0.39, 0.29) is 24.3 Å². The summed E-state index contributed by atoms with van der Waals surface area (Å²) in [5.41, 5.74) is 3.74. The summed E-state index contributed by atoms with van der Waals surface area (Å²) in [6.45, 7) is 4.16. The fourth-order valence-electron chi connectivity index (χ4n) is 3.16. The summed E-state index contributed by atoms with van der Waals surface area (Å²) in [6, 6.07) is 17.7. The molecule has 0 radical (unpaired) electrons. The molecule has 6 heteroatoms. The first-order valence-corrected chi connectivity index (χ1v) is 10.2. The van der Waals surface area contributed by atoms with Crippen molar-refractivity contribution < 1.29 is 4.79 Å². The van der Waals surface area contributed by atoms with Gasteiger partial charge in [-0.25, -0.2) is 9.97 Å². The number of fused-ring (bicyclic) bond motifs is 1. The van der Waals surface area contributed by atoms with E-state index in [4.69, 9.17) is 0 Å². The predicted molar refractivity (Wildman–Crippen MR) is 113 cm³/mol. The molecular formula is C22H22N4OS. The average molecular weight is 391 g/mol. The summed E-state index contributed by atoms with van der Waals surface area (Å²) < 4.78 is 0. The van der Waals surface area contributed by atoms with Crippen LogP contribution >= 0.6 is 11.3 Å². The monoisotopic (exact) mass is 390 g/mol. The van der Waals surface area contributed by atoms with E-state index in [9.17, 15) is 4.79 Å². The van der Waals surface area contributed by atoms with Gasteiger partial charge in [0.2, 0.25) is 5.91 Å². The lowest BCUT2D eigenvalue weighted by molar-refractivity contribution is -0.121. The van der Waals surface area contributed by atoms with E-state index in [1.54, 1.807) is 11.3 Å². The Bertz CT molecular complexity index is 1050. The van der Waals surface area contributed by atoms with E-state index < -0.39 is 0 Å². The van der Waals surface area contributed by atoms with Crippen LogP contribution in [0.5, 0.6) is 0 Å². The van der Waals surface area contributed by atoms with Crippen molar-refractivity contribution in [3.63, 3.8) is 0 Å². The number of imidazole rings is 1. The third kappa shape index (κ3) is 3.97. The van der Waals surface area contributed by atoms with Gasteiger partial charge in [0.25, 0.3) is 0 Å². The molecule has 1 unspecified atom stereocenters. The molecule has 0 saturated carbocycles. The second kappa shape index (κ2) is 7.94. The Balaban J connectivity index is 1.47. The SMILES string of the molecule is CC(C)C(NC(=O)Cc1csc(-c2ccccc2)n1)c1nc2ccccc2[nH]1. The van der Waals surface area contributed by atoms with E-state index in [0.717, 1.165) is 33.1 Å². The standard InChI is InChI=1S/C22H22N4OS/c1-14(2)20(21-24-17-10-6-7-11-18(17)25-21)26-19(27)12-16-13-28-22(23-16)15-8-4-3-5-9-15/h3-11,13-14,20H,12H2,1-2H3,(H,24,25)(H,26,27). The maximum atomic E-state index is 12.7. The smallest absolute Gasteiger partial charge is 0.226 e. The number of hydrogen-bond donors (Lipinski definition) is 2. The van der Waals surface area contributed by atoms with Crippen LogP contribution in [-0.4, -0.2) is 20.9 Å². The van der Waals surface area contributed by atoms with Crippen LogP contribution in [0.15, 0.2) is 60.0 Å². The Hall–Kier alpha value is -2.99. The molecule has 0 aliphatic carbocycles. The maximum Gasteiger partial charge on any atom is 0.226 e. The molecule has 0 aliphatic rings. The fourth-order valence-corrected chi connectivity index (χ4v) is 3.99. The number of aromatic amines is 1. The lowest BCUT2D eigenvalue weighted by atomic mass is 10.0. The molecule has 5 nitrogen and oxygen atoms in total. The maximum absolute atomic E-state index is 12.7. The normalized spacial score (nSPS) is 12.4. The molecule has 0 bridgehead atoms. The van der Waals surface area contributed by atoms with E-state index in [0.29, 0.717) is 0 Å². The van der Waals surface area contributed by atoms with Gasteiger partial charge in [-0.2, -0.15) is 0 Å². The van der Waals surface area contributed by atoms with Gasteiger partial charge in [-0.1, -0.05) is 56.3 Å². The Morgan fingerprint density at radius 3 is 2.57 bits per heavy atom. The number of benzene rings is 2. The van der Waals surface area contributed by atoms with Crippen LogP contribution in [0, 0.1) is 5.92 Å². The van der Waals surface area contributed by atoms with Gasteiger partial charge in [0, 0.05) is 10.9 Å². The molecule has 28 heavy (non-hydrogen) atoms. The zero-order valence-electron chi connectivity index (χ0n) is 15.8. The number of nitrogens with zero attached hydrogens (tertiary/aromatic N) is 2. The average Bonchev–Trinajstić information content (AvgIpc) is 3.33. The van der Waals surface area contributed by atoms with Crippen LogP contribution in [-0.2, 0) is 11.2 Å². The van der Waals surface area contributed by atoms with Crippen molar-refractivity contribution in [1.29, 1.82) is 0 Å². The number of H-pyrrole nitrogens is 1. The molecule has 4 rings (SSSR count). The zero-order chi connectivity index (χ0) is 19.5. The Morgan fingerprint density at radius 2 is 1.82 bits per heavy atom. The molecule has 2 heterocycles. The van der Waals surface area contributed by atoms with Gasteiger partial charge in [-0.05, 0) is 18.1 Å². The number of hydrogen-bond acceptors (Lipinski definition) is 4. The number of thiazole rings is 1. The lowest BCUT2D eigenvalue weighted by Gasteiger charge is -2.20. The number of nitrogens with one attached hydrogen (secondary N) is 2. The van der Waals surface area contributed by atoms with E-state index in [1.165, 1.54) is 0 Å². The fraction of sp³-hybridized carbons (Fsp3) is 0.227. The highest BCUT2D eigenvalue weighted by molar-refractivity contribution is 7.13. The minimum Gasteiger partial charge on any atom is -0.346 e. The van der Waals surface area contributed by atoms with Crippen molar-refractivity contribution in [1.82, 2.24) is 20.3 Å². The molecule has 0 aliphatic heterocycles. The molecular weight excluding hydrogens is 368 g/mol. The summed E-state index contributed by atoms with van der Waals surface area (Å²) in [5, 5.41) is 6.01. The van der Waals surface area contributed by atoms with Crippen LogP contribution in [0.4, 0.5) is 0 Å². The molecule has 4 aromatic rings. The molecule has 2 aromatic heterocycles. The highest BCUT2D eigenvalue weighted by Crippen LogP contribution is 2.25. The van der Waals surface area contributed by atoms with Crippen molar-refractivity contribution in [2.24, 2.45) is 5.92 Å². The molecule has 0 spiro atoms. The van der Waals surface area contributed by atoms with Gasteiger partial charge in [0.1, 0.15) is 10.8 Å². The third-order valence-electron chi connectivity index (χ3n) is 4.60. The van der Waals surface area contributed by atoms with E-state index >= 15 is 0 Å². The Kier molecular flexibility index (Phi) is 5.21. The summed E-state index contributed by atoms with van der Waals surface area (Å²) in [6.07, 6.45) is 0.257. The van der Waals surface area contributed by atoms with Gasteiger partial charge in [0.15, 0.2) is 0 Å². The van der Waals surface area contributed by atoms with Crippen molar-refractivity contribution in [2.75, 3.05) is 0 Å². The highest BCUT2D eigenvalue weighted by atomic mass is 32.1. The van der Waals surface area contributed by atoms with Crippen molar-refractivity contribution >= 4 is 28.3 Å². The first-order valence-electron chi connectivity index (χ1n) is 9.34. The van der Waals surface area contributed by atoms with Gasteiger partial charge in [-0.15, -0.1) is 11.3 Å². The first kappa shape index (κ1) is 18.4. The molecule has 2 aromatic carbocycles. The van der Waals surface area contributed by atoms with Crippen LogP contribution < -0.4 is 5.32 Å². The summed E-state index contributed by atoms with van der Waals surface area (Å²) in [5.74, 6) is 0.941. The van der Waals surface area contributed by atoms with Gasteiger partial charge in [-0.3, -0.25) is 4.79 Å². The number of para-hydroxylation sites is 2. The van der Waals surface area contributed by atoms with Crippen molar-refractivity contribution in [2.45, 2.75) is 26.3 Å². The molecule has 142 valence electrons. The second-order valence-electron chi connectivity index (χ2n) is 7.12. The molecule has 0 fully saturated rings. The van der Waals surface area contributed by atoms with Crippen LogP contribution in [0.1, 0.15) is 31.4 Å². The minimum absolute atomic E-state index is 0.0518. The summed E-state index contributed by atoms with van der Waals surface area (Å²) in [7, 11) is 0. The number of carbonyl (C=O) groups is 1. The first-order chi connectivity index (χ1) is 13.6. The van der Waals surface area contributed by atoms with E-state index in [1.807, 2.05) is 60.0 Å². The predicted octanol–water partition coefficient (Wildman–Crippen LogP) is 4.74. The largest absolute Gasteiger partial charge is 0.346 e. The van der Waals surface area contributed by atoms with Crippen LogP contribution in [0.25, 0.3) is 21.6 Å². The molecule has 1 atom stereocenters. The van der Waals surface area contributed by atoms with Gasteiger partial charge < -0.3 is 10.3 Å². The second-order valence-corrected chi connectivity index (χ2v) is 7.97. The molecule has 0 saturated heterocycles.